The molecule has 0 saturated carbocycles. The van der Waals surface area contributed by atoms with Crippen molar-refractivity contribution in [1.82, 2.24) is 4.98 Å². The summed E-state index contributed by atoms with van der Waals surface area (Å²) >= 11 is 5.94. The number of halogens is 1. The van der Waals surface area contributed by atoms with Crippen LogP contribution >= 0.6 is 11.6 Å². The third-order valence-corrected chi connectivity index (χ3v) is 3.60. The lowest BCUT2D eigenvalue weighted by Crippen LogP contribution is -2.22. The van der Waals surface area contributed by atoms with Gasteiger partial charge < -0.3 is 10.3 Å². The first-order valence-electron chi connectivity index (χ1n) is 6.71. The van der Waals surface area contributed by atoms with E-state index >= 15 is 0 Å². The van der Waals surface area contributed by atoms with Gasteiger partial charge in [0.25, 0.3) is 11.7 Å². The lowest BCUT2D eigenvalue weighted by atomic mass is 10.1. The highest BCUT2D eigenvalue weighted by Crippen LogP contribution is 2.23. The summed E-state index contributed by atoms with van der Waals surface area (Å²) in [6.07, 6.45) is 1.49. The van der Waals surface area contributed by atoms with Crippen LogP contribution in [0, 0.1) is 11.3 Å². The summed E-state index contributed by atoms with van der Waals surface area (Å²) in [5, 5.41) is 12.3. The number of ketones is 1. The molecule has 3 aromatic rings. The molecule has 1 amide bonds. The summed E-state index contributed by atoms with van der Waals surface area (Å²) in [5.74, 6) is -1.42. The van der Waals surface area contributed by atoms with Crippen molar-refractivity contribution in [1.29, 1.82) is 5.26 Å². The minimum Gasteiger partial charge on any atom is -0.360 e. The molecule has 2 aromatic carbocycles. The van der Waals surface area contributed by atoms with Gasteiger partial charge in [-0.3, -0.25) is 9.59 Å². The van der Waals surface area contributed by atoms with Gasteiger partial charge >= 0.3 is 0 Å². The van der Waals surface area contributed by atoms with Gasteiger partial charge in [-0.1, -0.05) is 11.6 Å². The number of carbonyl (C=O) groups is 2. The molecule has 0 radical (unpaired) electrons. The minimum absolute atomic E-state index is 0.258. The number of rotatable bonds is 3. The lowest BCUT2D eigenvalue weighted by Gasteiger charge is -2.04. The zero-order valence-corrected chi connectivity index (χ0v) is 12.5. The number of nitriles is 1. The Morgan fingerprint density at radius 3 is 2.57 bits per heavy atom. The van der Waals surface area contributed by atoms with Crippen molar-refractivity contribution in [2.45, 2.75) is 0 Å². The van der Waals surface area contributed by atoms with Gasteiger partial charge in [0.2, 0.25) is 0 Å². The molecule has 0 aliphatic heterocycles. The maximum Gasteiger partial charge on any atom is 0.296 e. The quantitative estimate of drug-likeness (QED) is 0.571. The van der Waals surface area contributed by atoms with E-state index in [0.29, 0.717) is 21.7 Å². The number of aromatic amines is 1. The predicted octanol–water partition coefficient (Wildman–Crippen LogP) is 3.51. The van der Waals surface area contributed by atoms with Crippen LogP contribution in [0.2, 0.25) is 5.02 Å². The second-order valence-electron chi connectivity index (χ2n) is 4.86. The number of anilines is 1. The minimum atomic E-state index is -0.754. The van der Waals surface area contributed by atoms with E-state index in [4.69, 9.17) is 16.9 Å². The SMILES string of the molecule is N#Cc1ccc(NC(=O)C(=O)c2c[nH]c3ccc(Cl)cc23)cc1. The number of fused-ring (bicyclic) bond motifs is 1. The monoisotopic (exact) mass is 323 g/mol. The Bertz CT molecular complexity index is 952. The first kappa shape index (κ1) is 14.8. The van der Waals surface area contributed by atoms with Gasteiger partial charge in [-0.15, -0.1) is 0 Å². The molecule has 0 fully saturated rings. The molecule has 1 heterocycles. The van der Waals surface area contributed by atoms with E-state index in [1.54, 1.807) is 42.5 Å². The van der Waals surface area contributed by atoms with E-state index in [2.05, 4.69) is 10.3 Å². The molecule has 0 saturated heterocycles. The third kappa shape index (κ3) is 2.93. The molecule has 0 unspecified atom stereocenters. The fourth-order valence-corrected chi connectivity index (χ4v) is 2.39. The highest BCUT2D eigenvalue weighted by atomic mass is 35.5. The van der Waals surface area contributed by atoms with Crippen molar-refractivity contribution in [2.24, 2.45) is 0 Å². The van der Waals surface area contributed by atoms with E-state index in [-0.39, 0.29) is 5.56 Å². The molecule has 3 rings (SSSR count). The molecule has 0 aliphatic carbocycles. The first-order valence-corrected chi connectivity index (χ1v) is 7.09. The molecule has 0 aliphatic rings. The maximum atomic E-state index is 12.3. The molecule has 23 heavy (non-hydrogen) atoms. The van der Waals surface area contributed by atoms with Crippen molar-refractivity contribution in [3.63, 3.8) is 0 Å². The number of carbonyl (C=O) groups excluding carboxylic acids is 2. The summed E-state index contributed by atoms with van der Waals surface area (Å²) in [6, 6.07) is 13.3. The number of nitrogens with one attached hydrogen (secondary N) is 2. The molecule has 0 atom stereocenters. The summed E-state index contributed by atoms with van der Waals surface area (Å²) in [4.78, 5) is 27.4. The molecular formula is C17H10ClN3O2. The second kappa shape index (κ2) is 5.95. The maximum absolute atomic E-state index is 12.3. The fourth-order valence-electron chi connectivity index (χ4n) is 2.22. The van der Waals surface area contributed by atoms with E-state index in [1.807, 2.05) is 6.07 Å². The number of hydrogen-bond acceptors (Lipinski definition) is 3. The molecular weight excluding hydrogens is 314 g/mol. The van der Waals surface area contributed by atoms with E-state index in [9.17, 15) is 9.59 Å². The second-order valence-corrected chi connectivity index (χ2v) is 5.30. The van der Waals surface area contributed by atoms with E-state index in [0.717, 1.165) is 5.52 Å². The lowest BCUT2D eigenvalue weighted by molar-refractivity contribution is -0.112. The molecule has 6 heteroatoms. The van der Waals surface area contributed by atoms with Gasteiger partial charge in [-0.2, -0.15) is 5.26 Å². The van der Waals surface area contributed by atoms with Crippen molar-refractivity contribution in [3.8, 4) is 6.07 Å². The summed E-state index contributed by atoms with van der Waals surface area (Å²) in [7, 11) is 0. The van der Waals surface area contributed by atoms with Crippen molar-refractivity contribution < 1.29 is 9.59 Å². The third-order valence-electron chi connectivity index (χ3n) is 3.37. The van der Waals surface area contributed by atoms with Gasteiger partial charge in [0, 0.05) is 27.8 Å². The Labute approximate surface area is 136 Å². The van der Waals surface area contributed by atoms with Crippen LogP contribution in [0.25, 0.3) is 10.9 Å². The summed E-state index contributed by atoms with van der Waals surface area (Å²) in [5.41, 5.74) is 1.90. The van der Waals surface area contributed by atoms with Crippen molar-refractivity contribution >= 4 is 39.9 Å². The van der Waals surface area contributed by atoms with Crippen LogP contribution in [0.1, 0.15) is 15.9 Å². The molecule has 2 N–H and O–H groups in total. The molecule has 112 valence electrons. The topological polar surface area (TPSA) is 85.8 Å². The smallest absolute Gasteiger partial charge is 0.296 e. The van der Waals surface area contributed by atoms with E-state index < -0.39 is 11.7 Å². The molecule has 0 spiro atoms. The van der Waals surface area contributed by atoms with Gasteiger partial charge in [-0.05, 0) is 42.5 Å². The van der Waals surface area contributed by atoms with Crippen molar-refractivity contribution in [3.05, 3.63) is 64.8 Å². The number of H-pyrrole nitrogens is 1. The summed E-state index contributed by atoms with van der Waals surface area (Å²) < 4.78 is 0. The van der Waals surface area contributed by atoms with Gasteiger partial charge in [0.05, 0.1) is 17.2 Å². The number of nitrogens with zero attached hydrogens (tertiary/aromatic N) is 1. The number of hydrogen-bond donors (Lipinski definition) is 2. The Hall–Kier alpha value is -3.10. The largest absolute Gasteiger partial charge is 0.360 e. The van der Waals surface area contributed by atoms with Crippen LogP contribution in [0.3, 0.4) is 0 Å². The first-order chi connectivity index (χ1) is 11.1. The number of benzene rings is 2. The predicted molar refractivity (Wildman–Crippen MR) is 87.4 cm³/mol. The average molecular weight is 324 g/mol. The number of Topliss-reactive ketones (excluding diaryl/α,β-unsaturated/α-hetero) is 1. The molecule has 1 aromatic heterocycles. The Balaban J connectivity index is 1.85. The Kier molecular flexibility index (Phi) is 3.83. The van der Waals surface area contributed by atoms with Crippen molar-refractivity contribution in [2.75, 3.05) is 5.32 Å². The standard InChI is InChI=1S/C17H10ClN3O2/c18-11-3-6-15-13(7-11)14(9-20-15)16(22)17(23)21-12-4-1-10(8-19)2-5-12/h1-7,9,20H,(H,21,23). The fraction of sp³-hybridized carbons (Fsp3) is 0. The highest BCUT2D eigenvalue weighted by molar-refractivity contribution is 6.48. The van der Waals surface area contributed by atoms with Gasteiger partial charge in [0.15, 0.2) is 0 Å². The zero-order valence-electron chi connectivity index (χ0n) is 11.8. The normalized spacial score (nSPS) is 10.3. The Morgan fingerprint density at radius 2 is 1.87 bits per heavy atom. The van der Waals surface area contributed by atoms with E-state index in [1.165, 1.54) is 6.20 Å². The molecule has 0 bridgehead atoms. The van der Waals surface area contributed by atoms with Gasteiger partial charge in [0.1, 0.15) is 0 Å². The average Bonchev–Trinajstić information content (AvgIpc) is 2.97. The van der Waals surface area contributed by atoms with Crippen LogP contribution in [-0.2, 0) is 4.79 Å². The van der Waals surface area contributed by atoms with Crippen LogP contribution in [0.5, 0.6) is 0 Å². The Morgan fingerprint density at radius 1 is 1.13 bits per heavy atom. The zero-order chi connectivity index (χ0) is 16.4. The van der Waals surface area contributed by atoms with Crippen LogP contribution in [-0.4, -0.2) is 16.7 Å². The van der Waals surface area contributed by atoms with Gasteiger partial charge in [-0.25, -0.2) is 0 Å². The molecule has 5 nitrogen and oxygen atoms in total. The highest BCUT2D eigenvalue weighted by Gasteiger charge is 2.20. The van der Waals surface area contributed by atoms with Crippen LogP contribution in [0.15, 0.2) is 48.7 Å². The number of aromatic nitrogens is 1. The van der Waals surface area contributed by atoms with Crippen LogP contribution in [0.4, 0.5) is 5.69 Å². The summed E-state index contributed by atoms with van der Waals surface area (Å²) in [6.45, 7) is 0. The van der Waals surface area contributed by atoms with Crippen LogP contribution < -0.4 is 5.32 Å². The number of amides is 1.